The minimum atomic E-state index is -0.433. The standard InChI is InChI=1S/C11H9FN4OS/c12-9-2-7(4-13)1-8(3-9)6-18-11-16-15-10(5-14)17-11/h1-3H,5-6,14H2. The average molecular weight is 264 g/mol. The fraction of sp³-hybridized carbons (Fsp3) is 0.182. The van der Waals surface area contributed by atoms with Crippen LogP contribution >= 0.6 is 11.8 Å². The minimum absolute atomic E-state index is 0.187. The maximum absolute atomic E-state index is 13.2. The van der Waals surface area contributed by atoms with E-state index in [1.54, 1.807) is 6.07 Å². The second kappa shape index (κ2) is 5.62. The highest BCUT2D eigenvalue weighted by Gasteiger charge is 2.07. The summed E-state index contributed by atoms with van der Waals surface area (Å²) in [5.41, 5.74) is 6.31. The highest BCUT2D eigenvalue weighted by molar-refractivity contribution is 7.98. The average Bonchev–Trinajstić information content (AvgIpc) is 2.83. The number of aromatic nitrogens is 2. The molecule has 0 saturated carbocycles. The fourth-order valence-electron chi connectivity index (χ4n) is 1.32. The van der Waals surface area contributed by atoms with Crippen molar-refractivity contribution in [2.24, 2.45) is 5.73 Å². The van der Waals surface area contributed by atoms with E-state index in [1.807, 2.05) is 6.07 Å². The smallest absolute Gasteiger partial charge is 0.276 e. The first-order valence-electron chi connectivity index (χ1n) is 5.06. The van der Waals surface area contributed by atoms with Crippen LogP contribution in [-0.2, 0) is 12.3 Å². The van der Waals surface area contributed by atoms with Crippen LogP contribution in [0.15, 0.2) is 27.8 Å². The van der Waals surface area contributed by atoms with E-state index < -0.39 is 5.82 Å². The van der Waals surface area contributed by atoms with E-state index in [4.69, 9.17) is 15.4 Å². The summed E-state index contributed by atoms with van der Waals surface area (Å²) in [7, 11) is 0. The lowest BCUT2D eigenvalue weighted by molar-refractivity contribution is 0.415. The molecule has 0 atom stereocenters. The molecule has 7 heteroatoms. The summed E-state index contributed by atoms with van der Waals surface area (Å²) < 4.78 is 18.4. The van der Waals surface area contributed by atoms with Gasteiger partial charge in [-0.3, -0.25) is 0 Å². The second-order valence-corrected chi connectivity index (χ2v) is 4.34. The highest BCUT2D eigenvalue weighted by Crippen LogP contribution is 2.22. The molecule has 2 aromatic rings. The predicted octanol–water partition coefficient (Wildman–Crippen LogP) is 1.83. The third-order valence-corrected chi connectivity index (χ3v) is 2.96. The van der Waals surface area contributed by atoms with Crippen molar-refractivity contribution in [1.82, 2.24) is 10.2 Å². The third-order valence-electron chi connectivity index (χ3n) is 2.07. The molecular formula is C11H9FN4OS. The molecule has 0 amide bonds. The first-order chi connectivity index (χ1) is 8.71. The Balaban J connectivity index is 2.06. The molecule has 5 nitrogen and oxygen atoms in total. The first-order valence-corrected chi connectivity index (χ1v) is 6.04. The molecule has 1 heterocycles. The molecule has 0 aliphatic carbocycles. The Morgan fingerprint density at radius 2 is 2.22 bits per heavy atom. The largest absolute Gasteiger partial charge is 0.415 e. The van der Waals surface area contributed by atoms with Crippen LogP contribution in [0, 0.1) is 17.1 Å². The van der Waals surface area contributed by atoms with E-state index in [1.165, 1.54) is 23.9 Å². The van der Waals surface area contributed by atoms with Gasteiger partial charge in [0.1, 0.15) is 5.82 Å². The number of thioether (sulfide) groups is 1. The zero-order valence-electron chi connectivity index (χ0n) is 9.26. The molecule has 2 N–H and O–H groups in total. The fourth-order valence-corrected chi connectivity index (χ4v) is 2.03. The van der Waals surface area contributed by atoms with E-state index in [0.29, 0.717) is 28.0 Å². The quantitative estimate of drug-likeness (QED) is 0.847. The highest BCUT2D eigenvalue weighted by atomic mass is 32.2. The van der Waals surface area contributed by atoms with Crippen LogP contribution in [0.4, 0.5) is 4.39 Å². The van der Waals surface area contributed by atoms with E-state index >= 15 is 0 Å². The van der Waals surface area contributed by atoms with Crippen LogP contribution in [0.25, 0.3) is 0 Å². The summed E-state index contributed by atoms with van der Waals surface area (Å²) in [4.78, 5) is 0. The molecule has 92 valence electrons. The Hall–Kier alpha value is -1.91. The lowest BCUT2D eigenvalue weighted by atomic mass is 10.1. The normalized spacial score (nSPS) is 10.3. The summed E-state index contributed by atoms with van der Waals surface area (Å²) in [6, 6.07) is 6.08. The van der Waals surface area contributed by atoms with Gasteiger partial charge in [-0.05, 0) is 23.8 Å². The molecule has 0 saturated heterocycles. The molecular weight excluding hydrogens is 255 g/mol. The van der Waals surface area contributed by atoms with Gasteiger partial charge >= 0.3 is 0 Å². The number of rotatable bonds is 4. The first kappa shape index (κ1) is 12.5. The van der Waals surface area contributed by atoms with E-state index in [2.05, 4.69) is 10.2 Å². The van der Waals surface area contributed by atoms with Gasteiger partial charge in [0.2, 0.25) is 5.89 Å². The van der Waals surface area contributed by atoms with Crippen molar-refractivity contribution in [1.29, 1.82) is 5.26 Å². The minimum Gasteiger partial charge on any atom is -0.415 e. The van der Waals surface area contributed by atoms with Gasteiger partial charge in [0, 0.05) is 5.75 Å². The number of nitrogens with zero attached hydrogens (tertiary/aromatic N) is 3. The number of benzene rings is 1. The van der Waals surface area contributed by atoms with Gasteiger partial charge in [0.25, 0.3) is 5.22 Å². The number of nitriles is 1. The summed E-state index contributed by atoms with van der Waals surface area (Å²) in [5, 5.41) is 16.6. The number of halogens is 1. The Morgan fingerprint density at radius 3 is 2.89 bits per heavy atom. The lowest BCUT2D eigenvalue weighted by Gasteiger charge is -1.99. The van der Waals surface area contributed by atoms with E-state index in [-0.39, 0.29) is 6.54 Å². The Kier molecular flexibility index (Phi) is 3.92. The zero-order chi connectivity index (χ0) is 13.0. The van der Waals surface area contributed by atoms with E-state index in [0.717, 1.165) is 0 Å². The van der Waals surface area contributed by atoms with Gasteiger partial charge in [-0.2, -0.15) is 5.26 Å². The van der Waals surface area contributed by atoms with Crippen LogP contribution in [0.2, 0.25) is 0 Å². The molecule has 1 aromatic heterocycles. The van der Waals surface area contributed by atoms with Crippen molar-refractivity contribution in [3.8, 4) is 6.07 Å². The zero-order valence-corrected chi connectivity index (χ0v) is 10.1. The summed E-state index contributed by atoms with van der Waals surface area (Å²) in [6.07, 6.45) is 0. The van der Waals surface area contributed by atoms with Gasteiger partial charge < -0.3 is 10.2 Å². The van der Waals surface area contributed by atoms with Crippen LogP contribution in [0.5, 0.6) is 0 Å². The predicted molar refractivity (Wildman–Crippen MR) is 62.9 cm³/mol. The van der Waals surface area contributed by atoms with E-state index in [9.17, 15) is 4.39 Å². The molecule has 0 unspecified atom stereocenters. The Labute approximate surface area is 107 Å². The van der Waals surface area contributed by atoms with Crippen molar-refractivity contribution in [3.63, 3.8) is 0 Å². The number of nitrogens with two attached hydrogens (primary N) is 1. The van der Waals surface area contributed by atoms with Crippen LogP contribution in [0.3, 0.4) is 0 Å². The van der Waals surface area contributed by atoms with Crippen molar-refractivity contribution in [2.45, 2.75) is 17.5 Å². The Morgan fingerprint density at radius 1 is 1.39 bits per heavy atom. The van der Waals surface area contributed by atoms with Gasteiger partial charge in [0.05, 0.1) is 18.2 Å². The van der Waals surface area contributed by atoms with Crippen molar-refractivity contribution >= 4 is 11.8 Å². The SMILES string of the molecule is N#Cc1cc(F)cc(CSc2nnc(CN)o2)c1. The Bertz CT molecular complexity index is 593. The van der Waals surface area contributed by atoms with Crippen molar-refractivity contribution in [3.05, 3.63) is 41.0 Å². The molecule has 0 aliphatic heterocycles. The van der Waals surface area contributed by atoms with Crippen LogP contribution in [-0.4, -0.2) is 10.2 Å². The topological polar surface area (TPSA) is 88.7 Å². The second-order valence-electron chi connectivity index (χ2n) is 3.41. The number of hydrogen-bond acceptors (Lipinski definition) is 6. The maximum atomic E-state index is 13.2. The van der Waals surface area contributed by atoms with Crippen LogP contribution in [0.1, 0.15) is 17.0 Å². The van der Waals surface area contributed by atoms with Gasteiger partial charge in [-0.1, -0.05) is 11.8 Å². The number of hydrogen-bond donors (Lipinski definition) is 1. The van der Waals surface area contributed by atoms with Crippen molar-refractivity contribution < 1.29 is 8.81 Å². The molecule has 0 bridgehead atoms. The molecule has 2 rings (SSSR count). The molecule has 1 aromatic carbocycles. The van der Waals surface area contributed by atoms with Crippen LogP contribution < -0.4 is 5.73 Å². The summed E-state index contributed by atoms with van der Waals surface area (Å²) in [5.74, 6) is 0.367. The monoisotopic (exact) mass is 264 g/mol. The van der Waals surface area contributed by atoms with Crippen molar-refractivity contribution in [2.75, 3.05) is 0 Å². The summed E-state index contributed by atoms with van der Waals surface area (Å²) in [6.45, 7) is 0.187. The maximum Gasteiger partial charge on any atom is 0.276 e. The molecule has 0 spiro atoms. The van der Waals surface area contributed by atoms with Gasteiger partial charge in [0.15, 0.2) is 0 Å². The lowest BCUT2D eigenvalue weighted by Crippen LogP contribution is -1.95. The summed E-state index contributed by atoms with van der Waals surface area (Å²) >= 11 is 1.27. The van der Waals surface area contributed by atoms with Gasteiger partial charge in [-0.15, -0.1) is 10.2 Å². The van der Waals surface area contributed by atoms with Gasteiger partial charge in [-0.25, -0.2) is 4.39 Å². The third kappa shape index (κ3) is 3.06. The molecule has 0 radical (unpaired) electrons. The molecule has 0 fully saturated rings. The molecule has 18 heavy (non-hydrogen) atoms. The molecule has 0 aliphatic rings.